The first-order valence-corrected chi connectivity index (χ1v) is 4.73. The molecule has 78 valence electrons. The minimum Gasteiger partial charge on any atom is -0.750 e. The molecule has 0 aliphatic heterocycles. The van der Waals surface area contributed by atoms with Crippen molar-refractivity contribution in [1.82, 2.24) is 4.90 Å². The van der Waals surface area contributed by atoms with Crippen LogP contribution in [0.4, 0.5) is 0 Å². The van der Waals surface area contributed by atoms with Crippen molar-refractivity contribution in [3.63, 3.8) is 0 Å². The van der Waals surface area contributed by atoms with Gasteiger partial charge in [-0.25, -0.2) is 4.21 Å². The fourth-order valence-electron chi connectivity index (χ4n) is 0.779. The molecule has 0 aromatic heterocycles. The lowest BCUT2D eigenvalue weighted by Crippen LogP contribution is -2.36. The summed E-state index contributed by atoms with van der Waals surface area (Å²) in [5, 5.41) is 0. The second-order valence-electron chi connectivity index (χ2n) is 2.60. The van der Waals surface area contributed by atoms with Crippen LogP contribution in [0.25, 0.3) is 0 Å². The predicted molar refractivity (Wildman–Crippen MR) is 46.2 cm³/mol. The lowest BCUT2D eigenvalue weighted by atomic mass is 10.3. The summed E-state index contributed by atoms with van der Waals surface area (Å²) in [5.74, 6) is 0. The van der Waals surface area contributed by atoms with Crippen LogP contribution in [-0.2, 0) is 20.3 Å². The molecule has 2 atom stereocenters. The molecular weight excluding hydrogens is 196 g/mol. The van der Waals surface area contributed by atoms with Crippen molar-refractivity contribution in [2.75, 3.05) is 19.7 Å². The van der Waals surface area contributed by atoms with Crippen LogP contribution < -0.4 is 5.73 Å². The van der Waals surface area contributed by atoms with Crippen LogP contribution in [0, 0.1) is 0 Å². The van der Waals surface area contributed by atoms with Crippen molar-refractivity contribution in [1.29, 1.82) is 0 Å². The van der Waals surface area contributed by atoms with Gasteiger partial charge in [0.15, 0.2) is 0 Å². The number of hydrogen-bond donors (Lipinski definition) is 1. The Kier molecular flexibility index (Phi) is 6.69. The van der Waals surface area contributed by atoms with Crippen molar-refractivity contribution in [2.24, 2.45) is 5.73 Å². The lowest BCUT2D eigenvalue weighted by Gasteiger charge is -2.19. The molecule has 0 saturated heterocycles. The molecule has 0 radical (unpaired) electrons. The average Bonchev–Trinajstić information content (AvgIpc) is 2.01. The summed E-state index contributed by atoms with van der Waals surface area (Å²) in [6.45, 7) is 2.32. The van der Waals surface area contributed by atoms with Gasteiger partial charge in [-0.15, -0.1) is 0 Å². The molecule has 6 nitrogen and oxygen atoms in total. The van der Waals surface area contributed by atoms with Gasteiger partial charge in [0.1, 0.15) is 0 Å². The Morgan fingerprint density at radius 2 is 2.38 bits per heavy atom. The SMILES string of the molecule is CC(N)CN(C=O)CCOS(=O)[O-]. The number of hydrogen-bond acceptors (Lipinski definition) is 5. The van der Waals surface area contributed by atoms with Gasteiger partial charge in [0.25, 0.3) is 0 Å². The Hall–Kier alpha value is -0.500. The smallest absolute Gasteiger partial charge is 0.209 e. The Morgan fingerprint density at radius 1 is 1.77 bits per heavy atom. The van der Waals surface area contributed by atoms with E-state index >= 15 is 0 Å². The first-order chi connectivity index (χ1) is 6.06. The summed E-state index contributed by atoms with van der Waals surface area (Å²) in [6, 6.07) is -0.136. The third kappa shape index (κ3) is 7.85. The van der Waals surface area contributed by atoms with Crippen LogP contribution in [0.1, 0.15) is 6.92 Å². The summed E-state index contributed by atoms with van der Waals surface area (Å²) in [7, 11) is 0. The predicted octanol–water partition coefficient (Wildman–Crippen LogP) is -1.40. The zero-order chi connectivity index (χ0) is 10.3. The van der Waals surface area contributed by atoms with E-state index in [1.54, 1.807) is 6.92 Å². The van der Waals surface area contributed by atoms with Crippen molar-refractivity contribution in [2.45, 2.75) is 13.0 Å². The molecule has 0 aromatic carbocycles. The summed E-state index contributed by atoms with van der Waals surface area (Å²) >= 11 is -2.52. The zero-order valence-corrected chi connectivity index (χ0v) is 8.16. The molecule has 0 fully saturated rings. The monoisotopic (exact) mass is 209 g/mol. The molecule has 0 aliphatic carbocycles. The lowest BCUT2D eigenvalue weighted by molar-refractivity contribution is -0.118. The van der Waals surface area contributed by atoms with Gasteiger partial charge in [0, 0.05) is 19.1 Å². The fourth-order valence-corrected chi connectivity index (χ4v) is 0.990. The number of carbonyl (C=O) groups excluding carboxylic acids is 1. The minimum absolute atomic E-state index is 0.0401. The zero-order valence-electron chi connectivity index (χ0n) is 7.34. The number of amides is 1. The molecule has 1 amide bonds. The topological polar surface area (TPSA) is 95.7 Å². The second kappa shape index (κ2) is 6.96. The van der Waals surface area contributed by atoms with Crippen LogP contribution in [0.15, 0.2) is 0 Å². The Morgan fingerprint density at radius 3 is 2.77 bits per heavy atom. The number of nitrogens with zero attached hydrogens (tertiary/aromatic N) is 1. The molecule has 0 saturated carbocycles. The fraction of sp³-hybridized carbons (Fsp3) is 0.833. The third-order valence-electron chi connectivity index (χ3n) is 1.23. The molecule has 0 aliphatic rings. The molecule has 13 heavy (non-hydrogen) atoms. The molecular formula is C6H13N2O4S-. The van der Waals surface area contributed by atoms with E-state index < -0.39 is 11.4 Å². The normalized spacial score (nSPS) is 15.0. The summed E-state index contributed by atoms with van der Waals surface area (Å²) in [6.07, 6.45) is 0.612. The van der Waals surface area contributed by atoms with E-state index in [1.807, 2.05) is 0 Å². The first-order valence-electron chi connectivity index (χ1n) is 3.73. The van der Waals surface area contributed by atoms with Gasteiger partial charge in [0.2, 0.25) is 6.41 Å². The molecule has 0 aromatic rings. The third-order valence-corrected chi connectivity index (χ3v) is 1.59. The van der Waals surface area contributed by atoms with Gasteiger partial charge in [-0.2, -0.15) is 0 Å². The largest absolute Gasteiger partial charge is 0.750 e. The van der Waals surface area contributed by atoms with Crippen molar-refractivity contribution < 1.29 is 17.7 Å². The number of carbonyl (C=O) groups is 1. The molecule has 2 unspecified atom stereocenters. The highest BCUT2D eigenvalue weighted by Gasteiger charge is 2.03. The molecule has 0 heterocycles. The molecule has 2 N–H and O–H groups in total. The van der Waals surface area contributed by atoms with Crippen molar-refractivity contribution >= 4 is 17.8 Å². The number of nitrogens with two attached hydrogens (primary N) is 1. The summed E-state index contributed by atoms with van der Waals surface area (Å²) in [4.78, 5) is 11.7. The molecule has 0 bridgehead atoms. The first kappa shape index (κ1) is 12.5. The van der Waals surface area contributed by atoms with Gasteiger partial charge >= 0.3 is 0 Å². The Labute approximate surface area is 79.5 Å². The van der Waals surface area contributed by atoms with Gasteiger partial charge in [-0.1, -0.05) is 0 Å². The number of rotatable bonds is 7. The van der Waals surface area contributed by atoms with Gasteiger partial charge in [-0.05, 0) is 6.92 Å². The van der Waals surface area contributed by atoms with E-state index in [0.717, 1.165) is 0 Å². The van der Waals surface area contributed by atoms with E-state index in [9.17, 15) is 13.6 Å². The Balaban J connectivity index is 3.59. The van der Waals surface area contributed by atoms with Crippen LogP contribution in [0.3, 0.4) is 0 Å². The van der Waals surface area contributed by atoms with Crippen LogP contribution in [0.5, 0.6) is 0 Å². The summed E-state index contributed by atoms with van der Waals surface area (Å²) in [5.41, 5.74) is 5.44. The van der Waals surface area contributed by atoms with Gasteiger partial charge < -0.3 is 15.2 Å². The van der Waals surface area contributed by atoms with Crippen LogP contribution in [0.2, 0.25) is 0 Å². The second-order valence-corrected chi connectivity index (χ2v) is 3.25. The van der Waals surface area contributed by atoms with Crippen molar-refractivity contribution in [3.05, 3.63) is 0 Å². The molecule has 7 heteroatoms. The van der Waals surface area contributed by atoms with E-state index in [4.69, 9.17) is 5.73 Å². The average molecular weight is 209 g/mol. The summed E-state index contributed by atoms with van der Waals surface area (Å²) < 4.78 is 24.1. The highest BCUT2D eigenvalue weighted by molar-refractivity contribution is 7.74. The van der Waals surface area contributed by atoms with Gasteiger partial charge in [-0.3, -0.25) is 8.98 Å². The standard InChI is InChI=1S/C6H14N2O4S/c1-6(7)4-8(5-9)2-3-12-13(10)11/h5-6H,2-4,7H2,1H3,(H,10,11)/p-1. The molecule has 0 rings (SSSR count). The maximum Gasteiger partial charge on any atom is 0.209 e. The van der Waals surface area contributed by atoms with E-state index in [-0.39, 0.29) is 19.2 Å². The van der Waals surface area contributed by atoms with E-state index in [2.05, 4.69) is 4.18 Å². The maximum absolute atomic E-state index is 10.4. The maximum atomic E-state index is 10.4. The Bertz CT molecular complexity index is 176. The van der Waals surface area contributed by atoms with E-state index in [0.29, 0.717) is 13.0 Å². The quantitative estimate of drug-likeness (QED) is 0.411. The van der Waals surface area contributed by atoms with Gasteiger partial charge in [0.05, 0.1) is 18.0 Å². The minimum atomic E-state index is -2.52. The highest BCUT2D eigenvalue weighted by Crippen LogP contribution is 1.88. The highest BCUT2D eigenvalue weighted by atomic mass is 32.2. The van der Waals surface area contributed by atoms with E-state index in [1.165, 1.54) is 4.90 Å². The van der Waals surface area contributed by atoms with Crippen molar-refractivity contribution in [3.8, 4) is 0 Å². The molecule has 0 spiro atoms. The van der Waals surface area contributed by atoms with Crippen LogP contribution in [-0.4, -0.2) is 45.8 Å². The van der Waals surface area contributed by atoms with Crippen LogP contribution >= 0.6 is 0 Å².